The van der Waals surface area contributed by atoms with Crippen LogP contribution in [-0.2, 0) is 9.53 Å². The minimum Gasteiger partial charge on any atom is -0.452 e. The Morgan fingerprint density at radius 3 is 2.41 bits per heavy atom. The van der Waals surface area contributed by atoms with Crippen LogP contribution in [0.15, 0.2) is 72.8 Å². The van der Waals surface area contributed by atoms with Gasteiger partial charge in [-0.25, -0.2) is 4.79 Å². The molecule has 146 valence electrons. The fourth-order valence-electron chi connectivity index (χ4n) is 2.64. The Labute approximate surface area is 171 Å². The van der Waals surface area contributed by atoms with E-state index in [4.69, 9.17) is 16.3 Å². The first-order valence-electron chi connectivity index (χ1n) is 8.51. The second kappa shape index (κ2) is 8.99. The van der Waals surface area contributed by atoms with Crippen molar-refractivity contribution in [3.63, 3.8) is 0 Å². The standard InChI is InChI=1S/C21H15ClN2O5/c22-17-11-10-15(12-19(17)24(27)28)21(26)29-13-20(25)23-18-9-5-4-8-16(18)14-6-2-1-3-7-14/h1-12H,13H2,(H,23,25). The van der Waals surface area contributed by atoms with Gasteiger partial charge in [0.15, 0.2) is 6.61 Å². The molecule has 1 N–H and O–H groups in total. The summed E-state index contributed by atoms with van der Waals surface area (Å²) >= 11 is 5.72. The van der Waals surface area contributed by atoms with E-state index in [1.807, 2.05) is 42.5 Å². The zero-order valence-electron chi connectivity index (χ0n) is 15.0. The number of hydrogen-bond donors (Lipinski definition) is 1. The van der Waals surface area contributed by atoms with E-state index in [0.29, 0.717) is 5.69 Å². The molecule has 0 saturated heterocycles. The van der Waals surface area contributed by atoms with Crippen LogP contribution in [0.5, 0.6) is 0 Å². The molecule has 0 aliphatic carbocycles. The number of hydrogen-bond acceptors (Lipinski definition) is 5. The highest BCUT2D eigenvalue weighted by Gasteiger charge is 2.18. The smallest absolute Gasteiger partial charge is 0.338 e. The van der Waals surface area contributed by atoms with Gasteiger partial charge in [-0.3, -0.25) is 14.9 Å². The summed E-state index contributed by atoms with van der Waals surface area (Å²) in [6.45, 7) is -0.543. The van der Waals surface area contributed by atoms with Gasteiger partial charge in [-0.1, -0.05) is 60.1 Å². The highest BCUT2D eigenvalue weighted by atomic mass is 35.5. The highest BCUT2D eigenvalue weighted by molar-refractivity contribution is 6.32. The number of carbonyl (C=O) groups excluding carboxylic acids is 2. The van der Waals surface area contributed by atoms with Crippen LogP contribution in [0.3, 0.4) is 0 Å². The SMILES string of the molecule is O=C(COC(=O)c1ccc(Cl)c([N+](=O)[O-])c1)Nc1ccccc1-c1ccccc1. The minimum atomic E-state index is -0.865. The van der Waals surface area contributed by atoms with Gasteiger partial charge in [-0.2, -0.15) is 0 Å². The third-order valence-corrected chi connectivity index (χ3v) is 4.32. The molecule has 3 aromatic carbocycles. The monoisotopic (exact) mass is 410 g/mol. The molecule has 8 heteroatoms. The van der Waals surface area contributed by atoms with Crippen LogP contribution in [-0.4, -0.2) is 23.4 Å². The highest BCUT2D eigenvalue weighted by Crippen LogP contribution is 2.28. The summed E-state index contributed by atoms with van der Waals surface area (Å²) in [7, 11) is 0. The van der Waals surface area contributed by atoms with Crippen molar-refractivity contribution in [1.29, 1.82) is 0 Å². The molecule has 0 atom stereocenters. The number of nitro benzene ring substituents is 1. The molecule has 0 bridgehead atoms. The van der Waals surface area contributed by atoms with Crippen molar-refractivity contribution in [2.45, 2.75) is 0 Å². The lowest BCUT2D eigenvalue weighted by atomic mass is 10.0. The van der Waals surface area contributed by atoms with E-state index in [-0.39, 0.29) is 10.6 Å². The Morgan fingerprint density at radius 2 is 1.69 bits per heavy atom. The van der Waals surface area contributed by atoms with E-state index in [1.54, 1.807) is 12.1 Å². The number of benzene rings is 3. The maximum Gasteiger partial charge on any atom is 0.338 e. The lowest BCUT2D eigenvalue weighted by molar-refractivity contribution is -0.384. The van der Waals surface area contributed by atoms with Crippen molar-refractivity contribution < 1.29 is 19.2 Å². The largest absolute Gasteiger partial charge is 0.452 e. The fourth-order valence-corrected chi connectivity index (χ4v) is 2.83. The molecule has 1 amide bonds. The molecule has 7 nitrogen and oxygen atoms in total. The Morgan fingerprint density at radius 1 is 1.00 bits per heavy atom. The lowest BCUT2D eigenvalue weighted by Gasteiger charge is -2.11. The maximum atomic E-state index is 12.2. The van der Waals surface area contributed by atoms with Crippen molar-refractivity contribution in [3.8, 4) is 11.1 Å². The second-order valence-corrected chi connectivity index (χ2v) is 6.37. The summed E-state index contributed by atoms with van der Waals surface area (Å²) in [5.41, 5.74) is 1.83. The predicted octanol–water partition coefficient (Wildman–Crippen LogP) is 4.71. The van der Waals surface area contributed by atoms with Crippen LogP contribution in [0.1, 0.15) is 10.4 Å². The number of amides is 1. The maximum absolute atomic E-state index is 12.2. The zero-order chi connectivity index (χ0) is 20.8. The molecule has 0 spiro atoms. The van der Waals surface area contributed by atoms with E-state index in [9.17, 15) is 19.7 Å². The number of ether oxygens (including phenoxy) is 1. The molecule has 3 rings (SSSR count). The topological polar surface area (TPSA) is 98.5 Å². The molecule has 0 heterocycles. The first kappa shape index (κ1) is 20.0. The van der Waals surface area contributed by atoms with Crippen LogP contribution in [0.4, 0.5) is 11.4 Å². The zero-order valence-corrected chi connectivity index (χ0v) is 15.8. The first-order valence-corrected chi connectivity index (χ1v) is 8.89. The summed E-state index contributed by atoms with van der Waals surface area (Å²) in [6.07, 6.45) is 0. The number of carbonyl (C=O) groups is 2. The Hall–Kier alpha value is -3.71. The van der Waals surface area contributed by atoms with E-state index < -0.39 is 29.1 Å². The van der Waals surface area contributed by atoms with Gasteiger partial charge in [-0.05, 0) is 23.8 Å². The number of esters is 1. The Bertz CT molecular complexity index is 1070. The normalized spacial score (nSPS) is 10.2. The quantitative estimate of drug-likeness (QED) is 0.360. The van der Waals surface area contributed by atoms with Crippen molar-refractivity contribution in [2.75, 3.05) is 11.9 Å². The van der Waals surface area contributed by atoms with Gasteiger partial charge in [0, 0.05) is 17.3 Å². The molecule has 0 aromatic heterocycles. The number of anilines is 1. The molecular weight excluding hydrogens is 396 g/mol. The van der Waals surface area contributed by atoms with E-state index in [0.717, 1.165) is 17.2 Å². The molecule has 29 heavy (non-hydrogen) atoms. The molecule has 3 aromatic rings. The number of rotatable bonds is 6. The van der Waals surface area contributed by atoms with Crippen molar-refractivity contribution >= 4 is 34.9 Å². The third-order valence-electron chi connectivity index (χ3n) is 4.00. The minimum absolute atomic E-state index is 0.0708. The Balaban J connectivity index is 1.66. The number of nitro groups is 1. The summed E-state index contributed by atoms with van der Waals surface area (Å²) in [5, 5.41) is 13.5. The molecule has 0 radical (unpaired) electrons. The Kier molecular flexibility index (Phi) is 6.21. The van der Waals surface area contributed by atoms with Gasteiger partial charge >= 0.3 is 5.97 Å². The van der Waals surface area contributed by atoms with Crippen LogP contribution in [0.2, 0.25) is 5.02 Å². The second-order valence-electron chi connectivity index (χ2n) is 5.96. The van der Waals surface area contributed by atoms with Crippen molar-refractivity contribution in [1.82, 2.24) is 0 Å². The van der Waals surface area contributed by atoms with Crippen LogP contribution < -0.4 is 5.32 Å². The summed E-state index contributed by atoms with van der Waals surface area (Å²) < 4.78 is 4.97. The van der Waals surface area contributed by atoms with Crippen LogP contribution in [0.25, 0.3) is 11.1 Å². The predicted molar refractivity (Wildman–Crippen MR) is 109 cm³/mol. The van der Waals surface area contributed by atoms with Crippen molar-refractivity contribution in [2.24, 2.45) is 0 Å². The third kappa shape index (κ3) is 4.97. The summed E-state index contributed by atoms with van der Waals surface area (Å²) in [6, 6.07) is 20.3. The molecule has 0 saturated carbocycles. The van der Waals surface area contributed by atoms with Gasteiger partial charge in [0.25, 0.3) is 11.6 Å². The van der Waals surface area contributed by atoms with E-state index in [1.165, 1.54) is 12.1 Å². The molecule has 0 aliphatic rings. The summed E-state index contributed by atoms with van der Waals surface area (Å²) in [5.74, 6) is -1.40. The number of nitrogens with one attached hydrogen (secondary N) is 1. The van der Waals surface area contributed by atoms with Gasteiger partial charge < -0.3 is 10.1 Å². The average molecular weight is 411 g/mol. The van der Waals surface area contributed by atoms with Gasteiger partial charge in [-0.15, -0.1) is 0 Å². The van der Waals surface area contributed by atoms with Crippen LogP contribution in [0, 0.1) is 10.1 Å². The lowest BCUT2D eigenvalue weighted by Crippen LogP contribution is -2.21. The van der Waals surface area contributed by atoms with E-state index >= 15 is 0 Å². The summed E-state index contributed by atoms with van der Waals surface area (Å²) in [4.78, 5) is 34.6. The number of halogens is 1. The van der Waals surface area contributed by atoms with Crippen LogP contribution >= 0.6 is 11.6 Å². The first-order chi connectivity index (χ1) is 14.0. The van der Waals surface area contributed by atoms with Gasteiger partial charge in [0.2, 0.25) is 0 Å². The molecule has 0 aliphatic heterocycles. The molecule has 0 fully saturated rings. The fraction of sp³-hybridized carbons (Fsp3) is 0.0476. The number of para-hydroxylation sites is 1. The number of nitrogens with zero attached hydrogens (tertiary/aromatic N) is 1. The van der Waals surface area contributed by atoms with Crippen molar-refractivity contribution in [3.05, 3.63) is 93.5 Å². The molecule has 0 unspecified atom stereocenters. The molecular formula is C21H15ClN2O5. The van der Waals surface area contributed by atoms with E-state index in [2.05, 4.69) is 5.32 Å². The average Bonchev–Trinajstić information content (AvgIpc) is 2.73. The van der Waals surface area contributed by atoms with Gasteiger partial charge in [0.1, 0.15) is 5.02 Å². The van der Waals surface area contributed by atoms with Gasteiger partial charge in [0.05, 0.1) is 10.5 Å².